The molecule has 0 saturated carbocycles. The number of benzene rings is 1. The number of nitrogens with one attached hydrogen (secondary N) is 1. The second-order valence-corrected chi connectivity index (χ2v) is 5.78. The molecular formula is C17H23FN2O2. The fourth-order valence-corrected chi connectivity index (χ4v) is 2.76. The lowest BCUT2D eigenvalue weighted by Crippen LogP contribution is -2.46. The van der Waals surface area contributed by atoms with E-state index in [1.165, 1.54) is 12.1 Å². The third-order valence-electron chi connectivity index (χ3n) is 3.93. The molecule has 2 rings (SSSR count). The average molecular weight is 306 g/mol. The maximum atomic E-state index is 13.1. The maximum absolute atomic E-state index is 13.1. The van der Waals surface area contributed by atoms with Crippen LogP contribution in [-0.4, -0.2) is 35.8 Å². The van der Waals surface area contributed by atoms with Gasteiger partial charge in [-0.1, -0.05) is 19.1 Å². The predicted molar refractivity (Wildman–Crippen MR) is 82.8 cm³/mol. The van der Waals surface area contributed by atoms with Gasteiger partial charge in [0.05, 0.1) is 6.42 Å². The Morgan fingerprint density at radius 3 is 2.68 bits per heavy atom. The summed E-state index contributed by atoms with van der Waals surface area (Å²) in [6.45, 7) is 3.39. The Hall–Kier alpha value is -1.91. The molecule has 1 aromatic carbocycles. The molecule has 0 bridgehead atoms. The van der Waals surface area contributed by atoms with Gasteiger partial charge in [0, 0.05) is 25.6 Å². The molecule has 0 atom stereocenters. The number of amides is 2. The second-order valence-electron chi connectivity index (χ2n) is 5.78. The standard InChI is InChI=1S/C17H23FN2O2/c1-2-4-17(22)20-9-7-15(8-10-20)19-16(21)12-13-5-3-6-14(18)11-13/h3,5-6,11,15H,2,4,7-10,12H2,1H3,(H,19,21). The van der Waals surface area contributed by atoms with E-state index in [9.17, 15) is 14.0 Å². The fraction of sp³-hybridized carbons (Fsp3) is 0.529. The highest BCUT2D eigenvalue weighted by Gasteiger charge is 2.23. The van der Waals surface area contributed by atoms with Crippen molar-refractivity contribution in [1.82, 2.24) is 10.2 Å². The predicted octanol–water partition coefficient (Wildman–Crippen LogP) is 2.28. The number of carbonyl (C=O) groups is 2. The summed E-state index contributed by atoms with van der Waals surface area (Å²) in [7, 11) is 0. The van der Waals surface area contributed by atoms with Gasteiger partial charge >= 0.3 is 0 Å². The van der Waals surface area contributed by atoms with Crippen LogP contribution in [0.3, 0.4) is 0 Å². The fourth-order valence-electron chi connectivity index (χ4n) is 2.76. The molecule has 1 N–H and O–H groups in total. The minimum atomic E-state index is -0.326. The van der Waals surface area contributed by atoms with Crippen molar-refractivity contribution in [2.45, 2.75) is 45.1 Å². The summed E-state index contributed by atoms with van der Waals surface area (Å²) in [6, 6.07) is 6.20. The molecule has 1 heterocycles. The molecule has 5 heteroatoms. The molecule has 1 aliphatic heterocycles. The van der Waals surface area contributed by atoms with E-state index >= 15 is 0 Å². The highest BCUT2D eigenvalue weighted by molar-refractivity contribution is 5.79. The smallest absolute Gasteiger partial charge is 0.224 e. The number of halogens is 1. The first kappa shape index (κ1) is 16.5. The molecule has 1 aliphatic rings. The summed E-state index contributed by atoms with van der Waals surface area (Å²) in [5.74, 6) is -0.219. The molecule has 0 aliphatic carbocycles. The van der Waals surface area contributed by atoms with Crippen molar-refractivity contribution in [3.63, 3.8) is 0 Å². The van der Waals surface area contributed by atoms with Crippen LogP contribution in [0.5, 0.6) is 0 Å². The third-order valence-corrected chi connectivity index (χ3v) is 3.93. The maximum Gasteiger partial charge on any atom is 0.224 e. The van der Waals surface area contributed by atoms with Crippen molar-refractivity contribution >= 4 is 11.8 Å². The van der Waals surface area contributed by atoms with Crippen LogP contribution in [0.25, 0.3) is 0 Å². The molecule has 4 nitrogen and oxygen atoms in total. The van der Waals surface area contributed by atoms with E-state index in [2.05, 4.69) is 5.32 Å². The Labute approximate surface area is 130 Å². The van der Waals surface area contributed by atoms with Gasteiger partial charge in [-0.25, -0.2) is 4.39 Å². The summed E-state index contributed by atoms with van der Waals surface area (Å²) < 4.78 is 13.1. The van der Waals surface area contributed by atoms with E-state index in [4.69, 9.17) is 0 Å². The van der Waals surface area contributed by atoms with Crippen molar-refractivity contribution < 1.29 is 14.0 Å². The van der Waals surface area contributed by atoms with E-state index in [1.54, 1.807) is 12.1 Å². The highest BCUT2D eigenvalue weighted by atomic mass is 19.1. The second kappa shape index (κ2) is 7.92. The number of carbonyl (C=O) groups excluding carboxylic acids is 2. The van der Waals surface area contributed by atoms with Crippen LogP contribution in [0.2, 0.25) is 0 Å². The Morgan fingerprint density at radius 2 is 2.05 bits per heavy atom. The number of likely N-dealkylation sites (tertiary alicyclic amines) is 1. The van der Waals surface area contributed by atoms with Gasteiger partial charge in [0.1, 0.15) is 5.82 Å². The zero-order chi connectivity index (χ0) is 15.9. The van der Waals surface area contributed by atoms with Crippen LogP contribution in [0, 0.1) is 5.82 Å². The van der Waals surface area contributed by atoms with Crippen LogP contribution < -0.4 is 5.32 Å². The zero-order valence-electron chi connectivity index (χ0n) is 13.0. The Morgan fingerprint density at radius 1 is 1.32 bits per heavy atom. The first-order chi connectivity index (χ1) is 10.6. The molecule has 0 radical (unpaired) electrons. The van der Waals surface area contributed by atoms with Crippen LogP contribution in [0.15, 0.2) is 24.3 Å². The Bertz CT molecular complexity index is 525. The molecule has 2 amide bonds. The number of piperidine rings is 1. The lowest BCUT2D eigenvalue weighted by atomic mass is 10.0. The van der Waals surface area contributed by atoms with Gasteiger partial charge in [0.2, 0.25) is 11.8 Å². The van der Waals surface area contributed by atoms with Gasteiger partial charge in [-0.2, -0.15) is 0 Å². The van der Waals surface area contributed by atoms with E-state index in [0.29, 0.717) is 25.1 Å². The molecule has 1 fully saturated rings. The van der Waals surface area contributed by atoms with Gasteiger partial charge in [-0.3, -0.25) is 9.59 Å². The molecule has 0 unspecified atom stereocenters. The van der Waals surface area contributed by atoms with Gasteiger partial charge < -0.3 is 10.2 Å². The molecular weight excluding hydrogens is 283 g/mol. The van der Waals surface area contributed by atoms with Crippen LogP contribution in [0.4, 0.5) is 4.39 Å². The Kier molecular flexibility index (Phi) is 5.92. The monoisotopic (exact) mass is 306 g/mol. The molecule has 22 heavy (non-hydrogen) atoms. The van der Waals surface area contributed by atoms with Crippen LogP contribution >= 0.6 is 0 Å². The first-order valence-electron chi connectivity index (χ1n) is 7.90. The minimum absolute atomic E-state index is 0.0936. The van der Waals surface area contributed by atoms with Crippen molar-refractivity contribution in [2.24, 2.45) is 0 Å². The van der Waals surface area contributed by atoms with E-state index in [0.717, 1.165) is 19.3 Å². The quantitative estimate of drug-likeness (QED) is 0.907. The zero-order valence-corrected chi connectivity index (χ0v) is 13.0. The largest absolute Gasteiger partial charge is 0.353 e. The number of nitrogens with zero attached hydrogens (tertiary/aromatic N) is 1. The summed E-state index contributed by atoms with van der Waals surface area (Å²) in [5, 5.41) is 2.98. The lowest BCUT2D eigenvalue weighted by Gasteiger charge is -2.32. The molecule has 1 aromatic rings. The van der Waals surface area contributed by atoms with E-state index in [-0.39, 0.29) is 30.1 Å². The van der Waals surface area contributed by atoms with Gasteiger partial charge in [0.25, 0.3) is 0 Å². The minimum Gasteiger partial charge on any atom is -0.353 e. The summed E-state index contributed by atoms with van der Waals surface area (Å²) in [5.41, 5.74) is 0.674. The lowest BCUT2D eigenvalue weighted by molar-refractivity contribution is -0.132. The normalized spacial score (nSPS) is 15.6. The summed E-state index contributed by atoms with van der Waals surface area (Å²) >= 11 is 0. The summed E-state index contributed by atoms with van der Waals surface area (Å²) in [6.07, 6.45) is 3.21. The van der Waals surface area contributed by atoms with Crippen molar-refractivity contribution in [3.05, 3.63) is 35.6 Å². The number of rotatable bonds is 5. The van der Waals surface area contributed by atoms with Gasteiger partial charge in [-0.05, 0) is 37.0 Å². The number of hydrogen-bond donors (Lipinski definition) is 1. The topological polar surface area (TPSA) is 49.4 Å². The first-order valence-corrected chi connectivity index (χ1v) is 7.90. The van der Waals surface area contributed by atoms with Crippen LogP contribution in [-0.2, 0) is 16.0 Å². The third kappa shape index (κ3) is 4.83. The van der Waals surface area contributed by atoms with Crippen molar-refractivity contribution in [3.8, 4) is 0 Å². The molecule has 1 saturated heterocycles. The number of hydrogen-bond acceptors (Lipinski definition) is 2. The van der Waals surface area contributed by atoms with Gasteiger partial charge in [0.15, 0.2) is 0 Å². The molecule has 0 aromatic heterocycles. The highest BCUT2D eigenvalue weighted by Crippen LogP contribution is 2.12. The van der Waals surface area contributed by atoms with Crippen molar-refractivity contribution in [1.29, 1.82) is 0 Å². The Balaban J connectivity index is 1.76. The summed E-state index contributed by atoms with van der Waals surface area (Å²) in [4.78, 5) is 25.7. The van der Waals surface area contributed by atoms with E-state index in [1.807, 2.05) is 11.8 Å². The van der Waals surface area contributed by atoms with Gasteiger partial charge in [-0.15, -0.1) is 0 Å². The van der Waals surface area contributed by atoms with Crippen LogP contribution in [0.1, 0.15) is 38.2 Å². The average Bonchev–Trinajstić information content (AvgIpc) is 2.48. The SMILES string of the molecule is CCCC(=O)N1CCC(NC(=O)Cc2cccc(F)c2)CC1. The van der Waals surface area contributed by atoms with E-state index < -0.39 is 0 Å². The molecule has 0 spiro atoms. The van der Waals surface area contributed by atoms with Crippen molar-refractivity contribution in [2.75, 3.05) is 13.1 Å². The molecule has 120 valence electrons.